The fourth-order valence-electron chi connectivity index (χ4n) is 3.18. The maximum Gasteiger partial charge on any atom is 0.272 e. The molecule has 6 nitrogen and oxygen atoms in total. The van der Waals surface area contributed by atoms with Crippen molar-refractivity contribution >= 4 is 23.6 Å². The molecule has 2 amide bonds. The molecule has 0 aliphatic heterocycles. The summed E-state index contributed by atoms with van der Waals surface area (Å²) in [4.78, 5) is 24.3. The Morgan fingerprint density at radius 1 is 1.28 bits per heavy atom. The summed E-state index contributed by atoms with van der Waals surface area (Å²) in [6.45, 7) is 0. The Kier molecular flexibility index (Phi) is 5.43. The van der Waals surface area contributed by atoms with E-state index in [9.17, 15) is 9.59 Å². The molecule has 2 atom stereocenters. The Bertz CT molecular complexity index is 760. The molecule has 1 fully saturated rings. The number of hydrogen-bond acceptors (Lipinski definition) is 4. The molecular weight excluding hydrogens is 336 g/mol. The van der Waals surface area contributed by atoms with E-state index in [1.54, 1.807) is 0 Å². The van der Waals surface area contributed by atoms with Crippen molar-refractivity contribution in [3.8, 4) is 5.69 Å². The number of aromatic nitrogens is 2. The molecule has 1 saturated carbocycles. The average Bonchev–Trinajstić information content (AvgIpc) is 3.08. The standard InChI is InChI=1S/C18H22N4O2S/c1-25-14-9-5-6-12(10-14)20-18(24)15-11-16(17(19)23)22(21-15)13-7-3-2-4-8-13/h2-4,7-8,11-12,14H,5-6,9-10H2,1H3,(H2,19,23)(H,20,24). The lowest BCUT2D eigenvalue weighted by molar-refractivity contribution is 0.0922. The molecule has 132 valence electrons. The number of benzene rings is 1. The van der Waals surface area contributed by atoms with E-state index < -0.39 is 5.91 Å². The Balaban J connectivity index is 1.80. The summed E-state index contributed by atoms with van der Waals surface area (Å²) in [5.74, 6) is -0.876. The number of hydrogen-bond donors (Lipinski definition) is 2. The van der Waals surface area contributed by atoms with Crippen molar-refractivity contribution in [3.63, 3.8) is 0 Å². The fraction of sp³-hybridized carbons (Fsp3) is 0.389. The molecule has 0 saturated heterocycles. The van der Waals surface area contributed by atoms with Crippen molar-refractivity contribution in [2.45, 2.75) is 37.0 Å². The summed E-state index contributed by atoms with van der Waals surface area (Å²) in [5.41, 5.74) is 6.55. The SMILES string of the molecule is CSC1CCCC(NC(=O)c2cc(C(N)=O)n(-c3ccccc3)n2)C1. The van der Waals surface area contributed by atoms with Crippen molar-refractivity contribution in [1.29, 1.82) is 0 Å². The molecule has 0 bridgehead atoms. The molecule has 2 unspecified atom stereocenters. The molecule has 3 rings (SSSR count). The highest BCUT2D eigenvalue weighted by Gasteiger charge is 2.25. The van der Waals surface area contributed by atoms with Gasteiger partial charge in [-0.2, -0.15) is 16.9 Å². The number of nitrogens with two attached hydrogens (primary N) is 1. The zero-order chi connectivity index (χ0) is 17.8. The van der Waals surface area contributed by atoms with Crippen LogP contribution in [0.25, 0.3) is 5.69 Å². The normalized spacial score (nSPS) is 20.2. The van der Waals surface area contributed by atoms with E-state index in [2.05, 4.69) is 16.7 Å². The number of amides is 2. The monoisotopic (exact) mass is 358 g/mol. The summed E-state index contributed by atoms with van der Waals surface area (Å²) in [6.07, 6.45) is 6.36. The molecule has 0 radical (unpaired) electrons. The minimum atomic E-state index is -0.615. The molecule has 2 aromatic rings. The van der Waals surface area contributed by atoms with Crippen LogP contribution in [0.2, 0.25) is 0 Å². The second-order valence-corrected chi connectivity index (χ2v) is 7.36. The number of primary amides is 1. The Hall–Kier alpha value is -2.28. The van der Waals surface area contributed by atoms with Gasteiger partial charge in [0.05, 0.1) is 5.69 Å². The molecular formula is C18H22N4O2S. The van der Waals surface area contributed by atoms with Gasteiger partial charge in [0.2, 0.25) is 0 Å². The Morgan fingerprint density at radius 3 is 2.72 bits per heavy atom. The maximum atomic E-state index is 12.6. The fourth-order valence-corrected chi connectivity index (χ4v) is 4.01. The van der Waals surface area contributed by atoms with Crippen molar-refractivity contribution in [2.75, 3.05) is 6.26 Å². The Morgan fingerprint density at radius 2 is 2.04 bits per heavy atom. The van der Waals surface area contributed by atoms with Gasteiger partial charge in [0.25, 0.3) is 11.8 Å². The number of carbonyl (C=O) groups is 2. The summed E-state index contributed by atoms with van der Waals surface area (Å²) >= 11 is 1.85. The van der Waals surface area contributed by atoms with Crippen LogP contribution in [0.15, 0.2) is 36.4 Å². The van der Waals surface area contributed by atoms with E-state index in [0.717, 1.165) is 19.3 Å². The molecule has 1 aliphatic carbocycles. The van der Waals surface area contributed by atoms with Crippen LogP contribution in [0.3, 0.4) is 0 Å². The van der Waals surface area contributed by atoms with Crippen LogP contribution in [-0.4, -0.2) is 39.1 Å². The minimum Gasteiger partial charge on any atom is -0.364 e. The lowest BCUT2D eigenvalue weighted by atomic mass is 9.95. The summed E-state index contributed by atoms with van der Waals surface area (Å²) in [5, 5.41) is 7.94. The van der Waals surface area contributed by atoms with Gasteiger partial charge in [-0.15, -0.1) is 0 Å². The van der Waals surface area contributed by atoms with Crippen LogP contribution in [0.4, 0.5) is 0 Å². The van der Waals surface area contributed by atoms with Crippen molar-refractivity contribution in [2.24, 2.45) is 5.73 Å². The first-order valence-corrected chi connectivity index (χ1v) is 9.66. The minimum absolute atomic E-state index is 0.151. The lowest BCUT2D eigenvalue weighted by Gasteiger charge is -2.28. The first kappa shape index (κ1) is 17.5. The van der Waals surface area contributed by atoms with Crippen LogP contribution in [0, 0.1) is 0 Å². The predicted octanol–water partition coefficient (Wildman–Crippen LogP) is 2.38. The van der Waals surface area contributed by atoms with E-state index >= 15 is 0 Å². The van der Waals surface area contributed by atoms with Gasteiger partial charge in [0.15, 0.2) is 5.69 Å². The molecule has 25 heavy (non-hydrogen) atoms. The van der Waals surface area contributed by atoms with Crippen LogP contribution < -0.4 is 11.1 Å². The van der Waals surface area contributed by atoms with E-state index in [1.165, 1.54) is 17.2 Å². The van der Waals surface area contributed by atoms with Gasteiger partial charge in [-0.3, -0.25) is 9.59 Å². The van der Waals surface area contributed by atoms with E-state index in [0.29, 0.717) is 10.9 Å². The summed E-state index contributed by atoms with van der Waals surface area (Å²) in [7, 11) is 0. The summed E-state index contributed by atoms with van der Waals surface area (Å²) < 4.78 is 1.42. The second kappa shape index (κ2) is 7.74. The largest absolute Gasteiger partial charge is 0.364 e. The number of rotatable bonds is 5. The van der Waals surface area contributed by atoms with Crippen molar-refractivity contribution in [3.05, 3.63) is 47.8 Å². The van der Waals surface area contributed by atoms with E-state index in [4.69, 9.17) is 5.73 Å². The van der Waals surface area contributed by atoms with Crippen molar-refractivity contribution < 1.29 is 9.59 Å². The highest BCUT2D eigenvalue weighted by Crippen LogP contribution is 2.27. The van der Waals surface area contributed by atoms with Gasteiger partial charge in [0.1, 0.15) is 5.69 Å². The third-order valence-electron chi connectivity index (χ3n) is 4.49. The molecule has 1 aliphatic rings. The van der Waals surface area contributed by atoms with Crippen LogP contribution in [0.1, 0.15) is 46.7 Å². The van der Waals surface area contributed by atoms with Crippen LogP contribution >= 0.6 is 11.8 Å². The average molecular weight is 358 g/mol. The number of nitrogens with zero attached hydrogens (tertiary/aromatic N) is 2. The van der Waals surface area contributed by atoms with Gasteiger partial charge in [-0.25, -0.2) is 4.68 Å². The molecule has 7 heteroatoms. The lowest BCUT2D eigenvalue weighted by Crippen LogP contribution is -2.39. The predicted molar refractivity (Wildman–Crippen MR) is 99.1 cm³/mol. The number of thioether (sulfide) groups is 1. The molecule has 3 N–H and O–H groups in total. The maximum absolute atomic E-state index is 12.6. The van der Waals surface area contributed by atoms with Gasteiger partial charge in [-0.05, 0) is 37.7 Å². The molecule has 1 heterocycles. The van der Waals surface area contributed by atoms with E-state index in [1.807, 2.05) is 42.1 Å². The zero-order valence-corrected chi connectivity index (χ0v) is 15.0. The first-order chi connectivity index (χ1) is 12.1. The van der Waals surface area contributed by atoms with E-state index in [-0.39, 0.29) is 23.3 Å². The van der Waals surface area contributed by atoms with Crippen LogP contribution in [0.5, 0.6) is 0 Å². The van der Waals surface area contributed by atoms with Gasteiger partial charge >= 0.3 is 0 Å². The first-order valence-electron chi connectivity index (χ1n) is 8.37. The van der Waals surface area contributed by atoms with Gasteiger partial charge in [-0.1, -0.05) is 24.6 Å². The summed E-state index contributed by atoms with van der Waals surface area (Å²) in [6, 6.07) is 10.8. The third kappa shape index (κ3) is 4.04. The van der Waals surface area contributed by atoms with Gasteiger partial charge in [0, 0.05) is 17.4 Å². The Labute approximate surface area is 151 Å². The molecule has 1 aromatic carbocycles. The molecule has 0 spiro atoms. The number of carbonyl (C=O) groups excluding carboxylic acids is 2. The second-order valence-electron chi connectivity index (χ2n) is 6.22. The topological polar surface area (TPSA) is 90.0 Å². The quantitative estimate of drug-likeness (QED) is 0.859. The smallest absolute Gasteiger partial charge is 0.272 e. The van der Waals surface area contributed by atoms with Crippen molar-refractivity contribution in [1.82, 2.24) is 15.1 Å². The highest BCUT2D eigenvalue weighted by atomic mass is 32.2. The highest BCUT2D eigenvalue weighted by molar-refractivity contribution is 7.99. The number of nitrogens with one attached hydrogen (secondary N) is 1. The van der Waals surface area contributed by atoms with Gasteiger partial charge < -0.3 is 11.1 Å². The number of para-hydroxylation sites is 1. The molecule has 1 aromatic heterocycles. The van der Waals surface area contributed by atoms with Crippen LogP contribution in [-0.2, 0) is 0 Å². The zero-order valence-electron chi connectivity index (χ0n) is 14.1. The third-order valence-corrected chi connectivity index (χ3v) is 5.58.